The minimum Gasteiger partial charge on any atom is -0.493 e. The van der Waals surface area contributed by atoms with Gasteiger partial charge in [-0.2, -0.15) is 5.10 Å². The van der Waals surface area contributed by atoms with E-state index < -0.39 is 0 Å². The second-order valence-electron chi connectivity index (χ2n) is 4.90. The first-order valence-electron chi connectivity index (χ1n) is 6.63. The summed E-state index contributed by atoms with van der Waals surface area (Å²) in [5.41, 5.74) is 6.87. The Labute approximate surface area is 117 Å². The Morgan fingerprint density at radius 2 is 2.05 bits per heavy atom. The van der Waals surface area contributed by atoms with Crippen LogP contribution in [-0.2, 0) is 13.0 Å². The van der Waals surface area contributed by atoms with Gasteiger partial charge in [0.15, 0.2) is 17.3 Å². The van der Waals surface area contributed by atoms with Gasteiger partial charge in [0.2, 0.25) is 0 Å². The molecule has 1 atom stereocenters. The van der Waals surface area contributed by atoms with Crippen LogP contribution in [0.5, 0.6) is 11.5 Å². The number of aryl methyl sites for hydroxylation is 1. The van der Waals surface area contributed by atoms with E-state index in [1.165, 1.54) is 0 Å². The molecular formula is C14H18N4O2. The Kier molecular flexibility index (Phi) is 3.31. The van der Waals surface area contributed by atoms with Crippen molar-refractivity contribution < 1.29 is 9.47 Å². The summed E-state index contributed by atoms with van der Waals surface area (Å²) in [4.78, 5) is 4.59. The van der Waals surface area contributed by atoms with Crippen molar-refractivity contribution in [1.29, 1.82) is 0 Å². The van der Waals surface area contributed by atoms with Crippen LogP contribution in [0.15, 0.2) is 18.2 Å². The highest BCUT2D eigenvalue weighted by Gasteiger charge is 2.20. The van der Waals surface area contributed by atoms with E-state index in [1.807, 2.05) is 22.9 Å². The zero-order valence-corrected chi connectivity index (χ0v) is 11.7. The van der Waals surface area contributed by atoms with Gasteiger partial charge < -0.3 is 15.2 Å². The lowest BCUT2D eigenvalue weighted by atomic mass is 10.1. The Hall–Kier alpha value is -2.08. The summed E-state index contributed by atoms with van der Waals surface area (Å²) < 4.78 is 12.4. The largest absolute Gasteiger partial charge is 0.493 e. The molecule has 2 heterocycles. The van der Waals surface area contributed by atoms with Gasteiger partial charge in [0, 0.05) is 18.0 Å². The molecule has 2 N–H and O–H groups in total. The van der Waals surface area contributed by atoms with Crippen LogP contribution < -0.4 is 15.2 Å². The third kappa shape index (κ3) is 2.22. The number of hydrogen-bond donors (Lipinski definition) is 1. The Balaban J connectivity index is 1.97. The summed E-state index contributed by atoms with van der Waals surface area (Å²) in [6.07, 6.45) is 1.84. The molecule has 20 heavy (non-hydrogen) atoms. The Bertz CT molecular complexity index is 624. The topological polar surface area (TPSA) is 75.2 Å². The molecule has 1 aromatic carbocycles. The summed E-state index contributed by atoms with van der Waals surface area (Å²) in [6, 6.07) is 5.85. The second kappa shape index (κ2) is 5.13. The van der Waals surface area contributed by atoms with Gasteiger partial charge in [0.25, 0.3) is 0 Å². The molecule has 6 heteroatoms. The normalized spacial score (nSPS) is 17.6. The predicted molar refractivity (Wildman–Crippen MR) is 74.9 cm³/mol. The standard InChI is InChI=1S/C14H18N4O2/c1-19-11-5-3-9(7-12(11)20-2)14-16-13-6-4-10(15)8-18(13)17-14/h3,5,7,10H,4,6,8,15H2,1-2H3. The van der Waals surface area contributed by atoms with Crippen LogP contribution in [-0.4, -0.2) is 35.0 Å². The Morgan fingerprint density at radius 1 is 1.25 bits per heavy atom. The highest BCUT2D eigenvalue weighted by atomic mass is 16.5. The number of benzene rings is 1. The van der Waals surface area contributed by atoms with Crippen LogP contribution in [0.25, 0.3) is 11.4 Å². The third-order valence-electron chi connectivity index (χ3n) is 3.54. The van der Waals surface area contributed by atoms with Gasteiger partial charge in [-0.15, -0.1) is 0 Å². The second-order valence-corrected chi connectivity index (χ2v) is 4.90. The van der Waals surface area contributed by atoms with Gasteiger partial charge in [-0.1, -0.05) is 0 Å². The van der Waals surface area contributed by atoms with E-state index >= 15 is 0 Å². The maximum absolute atomic E-state index is 5.96. The molecular weight excluding hydrogens is 256 g/mol. The minimum absolute atomic E-state index is 0.169. The number of nitrogens with two attached hydrogens (primary N) is 1. The molecule has 1 aromatic heterocycles. The summed E-state index contributed by atoms with van der Waals surface area (Å²) in [5.74, 6) is 3.07. The van der Waals surface area contributed by atoms with Crippen molar-refractivity contribution in [2.45, 2.75) is 25.4 Å². The molecule has 106 valence electrons. The van der Waals surface area contributed by atoms with Gasteiger partial charge in [-0.05, 0) is 24.6 Å². The lowest BCUT2D eigenvalue weighted by molar-refractivity contribution is 0.355. The summed E-state index contributed by atoms with van der Waals surface area (Å²) in [6.45, 7) is 0.732. The number of fused-ring (bicyclic) bond motifs is 1. The van der Waals surface area contributed by atoms with Crippen molar-refractivity contribution in [2.75, 3.05) is 14.2 Å². The van der Waals surface area contributed by atoms with E-state index in [4.69, 9.17) is 15.2 Å². The molecule has 0 spiro atoms. The molecule has 0 fully saturated rings. The van der Waals surface area contributed by atoms with Crippen LogP contribution >= 0.6 is 0 Å². The van der Waals surface area contributed by atoms with E-state index in [1.54, 1.807) is 14.2 Å². The molecule has 0 aliphatic carbocycles. The van der Waals surface area contributed by atoms with Gasteiger partial charge >= 0.3 is 0 Å². The van der Waals surface area contributed by atoms with Crippen LogP contribution in [0, 0.1) is 0 Å². The third-order valence-corrected chi connectivity index (χ3v) is 3.54. The highest BCUT2D eigenvalue weighted by Crippen LogP contribution is 2.31. The maximum Gasteiger partial charge on any atom is 0.181 e. The van der Waals surface area contributed by atoms with Crippen molar-refractivity contribution in [3.05, 3.63) is 24.0 Å². The number of nitrogens with zero attached hydrogens (tertiary/aromatic N) is 3. The van der Waals surface area contributed by atoms with E-state index in [-0.39, 0.29) is 6.04 Å². The van der Waals surface area contributed by atoms with Crippen LogP contribution in [0.1, 0.15) is 12.2 Å². The van der Waals surface area contributed by atoms with Crippen molar-refractivity contribution in [3.8, 4) is 22.9 Å². The molecule has 0 bridgehead atoms. The first-order chi connectivity index (χ1) is 9.71. The summed E-state index contributed by atoms with van der Waals surface area (Å²) in [7, 11) is 3.23. The van der Waals surface area contributed by atoms with E-state index in [9.17, 15) is 0 Å². The first-order valence-corrected chi connectivity index (χ1v) is 6.63. The average Bonchev–Trinajstić information content (AvgIpc) is 2.89. The molecule has 0 amide bonds. The maximum atomic E-state index is 5.96. The monoisotopic (exact) mass is 274 g/mol. The fraction of sp³-hybridized carbons (Fsp3) is 0.429. The van der Waals surface area contributed by atoms with Crippen LogP contribution in [0.2, 0.25) is 0 Å². The lowest BCUT2D eigenvalue weighted by Gasteiger charge is -2.17. The predicted octanol–water partition coefficient (Wildman–Crippen LogP) is 1.24. The molecule has 1 aliphatic rings. The SMILES string of the molecule is COc1ccc(-c2nc3n(n2)CC(N)CC3)cc1OC. The Morgan fingerprint density at radius 3 is 2.80 bits per heavy atom. The van der Waals surface area contributed by atoms with E-state index in [0.29, 0.717) is 17.3 Å². The van der Waals surface area contributed by atoms with E-state index in [2.05, 4.69) is 10.1 Å². The zero-order chi connectivity index (χ0) is 14.1. The number of hydrogen-bond acceptors (Lipinski definition) is 5. The summed E-state index contributed by atoms with van der Waals surface area (Å²) >= 11 is 0. The molecule has 1 unspecified atom stereocenters. The van der Waals surface area contributed by atoms with Crippen LogP contribution in [0.3, 0.4) is 0 Å². The number of ether oxygens (including phenoxy) is 2. The summed E-state index contributed by atoms with van der Waals surface area (Å²) in [5, 5.41) is 4.53. The van der Waals surface area contributed by atoms with Gasteiger partial charge in [0.05, 0.1) is 20.8 Å². The van der Waals surface area contributed by atoms with E-state index in [0.717, 1.165) is 30.8 Å². The first kappa shape index (κ1) is 12.9. The smallest absolute Gasteiger partial charge is 0.181 e. The molecule has 1 aliphatic heterocycles. The van der Waals surface area contributed by atoms with Crippen LogP contribution in [0.4, 0.5) is 0 Å². The molecule has 3 rings (SSSR count). The van der Waals surface area contributed by atoms with Crippen molar-refractivity contribution >= 4 is 0 Å². The molecule has 2 aromatic rings. The van der Waals surface area contributed by atoms with Crippen molar-refractivity contribution in [3.63, 3.8) is 0 Å². The van der Waals surface area contributed by atoms with Crippen molar-refractivity contribution in [2.24, 2.45) is 5.73 Å². The fourth-order valence-electron chi connectivity index (χ4n) is 2.43. The highest BCUT2D eigenvalue weighted by molar-refractivity contribution is 5.61. The molecule has 0 saturated heterocycles. The van der Waals surface area contributed by atoms with Gasteiger partial charge in [-0.3, -0.25) is 0 Å². The van der Waals surface area contributed by atoms with Gasteiger partial charge in [0.1, 0.15) is 5.82 Å². The molecule has 0 radical (unpaired) electrons. The van der Waals surface area contributed by atoms with Crippen molar-refractivity contribution in [1.82, 2.24) is 14.8 Å². The van der Waals surface area contributed by atoms with Gasteiger partial charge in [-0.25, -0.2) is 9.67 Å². The number of rotatable bonds is 3. The fourth-order valence-corrected chi connectivity index (χ4v) is 2.43. The molecule has 0 saturated carbocycles. The zero-order valence-electron chi connectivity index (χ0n) is 11.7. The average molecular weight is 274 g/mol. The molecule has 6 nitrogen and oxygen atoms in total. The quantitative estimate of drug-likeness (QED) is 0.911. The lowest BCUT2D eigenvalue weighted by Crippen LogP contribution is -2.32. The minimum atomic E-state index is 0.169. The number of methoxy groups -OCH3 is 2. The number of aromatic nitrogens is 3.